The molecule has 24 heavy (non-hydrogen) atoms. The Kier molecular flexibility index (Phi) is 2.72. The number of hydrogen-bond donors (Lipinski definition) is 1. The highest BCUT2D eigenvalue weighted by atomic mass is 16.4. The van der Waals surface area contributed by atoms with Crippen LogP contribution < -0.4 is 0 Å². The first-order valence-corrected chi connectivity index (χ1v) is 8.30. The summed E-state index contributed by atoms with van der Waals surface area (Å²) in [5.74, 6) is 0.571. The molecule has 0 unspecified atom stereocenters. The van der Waals surface area contributed by atoms with Gasteiger partial charge in [-0.05, 0) is 51.9 Å². The van der Waals surface area contributed by atoms with Crippen molar-refractivity contribution in [1.82, 2.24) is 0 Å². The summed E-state index contributed by atoms with van der Waals surface area (Å²) in [6.45, 7) is 1.84. The van der Waals surface area contributed by atoms with E-state index in [0.717, 1.165) is 5.56 Å². The van der Waals surface area contributed by atoms with E-state index in [0.29, 0.717) is 11.6 Å². The van der Waals surface area contributed by atoms with Gasteiger partial charge in [0.1, 0.15) is 0 Å². The lowest BCUT2D eigenvalue weighted by molar-refractivity contribution is 0.319. The smallest absolute Gasteiger partial charge is 0.0837 e. The standard InChI is InChI=1S/C22H17NO/c1-13(23-24)14-10-11-19-20(12-14)22-17-8-4-2-6-15(17)21(19)16-7-3-5-9-18(16)22/h2-12,21-22,24H,1H3/b23-13-. The summed E-state index contributed by atoms with van der Waals surface area (Å²) in [5, 5.41) is 12.5. The largest absolute Gasteiger partial charge is 0.411 e. The molecule has 1 N–H and O–H groups in total. The maximum Gasteiger partial charge on any atom is 0.0837 e. The third-order valence-corrected chi connectivity index (χ3v) is 5.51. The van der Waals surface area contributed by atoms with Gasteiger partial charge in [0.2, 0.25) is 0 Å². The molecule has 0 aliphatic heterocycles. The molecule has 2 bridgehead atoms. The van der Waals surface area contributed by atoms with Crippen LogP contribution in [0.25, 0.3) is 0 Å². The Bertz CT molecular complexity index is 955. The SMILES string of the molecule is C/C(=N/O)c1ccc2c(c1)C1c3ccccc3C2c2ccccc21. The molecular formula is C22H17NO. The van der Waals surface area contributed by atoms with Crippen molar-refractivity contribution in [3.63, 3.8) is 0 Å². The maximum absolute atomic E-state index is 9.13. The van der Waals surface area contributed by atoms with Crippen LogP contribution in [0.2, 0.25) is 0 Å². The van der Waals surface area contributed by atoms with E-state index >= 15 is 0 Å². The van der Waals surface area contributed by atoms with E-state index < -0.39 is 0 Å². The molecule has 2 heteroatoms. The van der Waals surface area contributed by atoms with Crippen LogP contribution in [0, 0.1) is 0 Å². The summed E-state index contributed by atoms with van der Waals surface area (Å²) in [6, 6.07) is 24.1. The van der Waals surface area contributed by atoms with Gasteiger partial charge in [-0.15, -0.1) is 0 Å². The van der Waals surface area contributed by atoms with Crippen LogP contribution in [0.4, 0.5) is 0 Å². The molecule has 2 nitrogen and oxygen atoms in total. The molecule has 0 fully saturated rings. The van der Waals surface area contributed by atoms with Crippen LogP contribution in [-0.4, -0.2) is 10.9 Å². The monoisotopic (exact) mass is 311 g/mol. The number of oxime groups is 1. The molecule has 3 aromatic carbocycles. The van der Waals surface area contributed by atoms with Gasteiger partial charge in [0.05, 0.1) is 5.71 Å². The van der Waals surface area contributed by atoms with Crippen molar-refractivity contribution in [3.05, 3.63) is 106 Å². The molecule has 0 saturated carbocycles. The minimum atomic E-state index is 0.267. The maximum atomic E-state index is 9.13. The van der Waals surface area contributed by atoms with Crippen LogP contribution in [0.5, 0.6) is 0 Å². The molecule has 3 aliphatic carbocycles. The van der Waals surface area contributed by atoms with E-state index in [1.807, 2.05) is 6.92 Å². The molecule has 3 aliphatic rings. The zero-order valence-electron chi connectivity index (χ0n) is 13.4. The van der Waals surface area contributed by atoms with E-state index in [-0.39, 0.29) is 5.92 Å². The van der Waals surface area contributed by atoms with Crippen molar-refractivity contribution in [3.8, 4) is 0 Å². The van der Waals surface area contributed by atoms with E-state index in [9.17, 15) is 0 Å². The molecule has 0 atom stereocenters. The highest BCUT2D eigenvalue weighted by molar-refractivity contribution is 5.98. The Hall–Kier alpha value is -2.87. The molecular weight excluding hydrogens is 294 g/mol. The Balaban J connectivity index is 1.83. The Morgan fingerprint density at radius 1 is 0.708 bits per heavy atom. The zero-order valence-corrected chi connectivity index (χ0v) is 13.4. The average Bonchev–Trinajstić information content (AvgIpc) is 2.66. The molecule has 0 aromatic heterocycles. The van der Waals surface area contributed by atoms with Crippen molar-refractivity contribution in [2.75, 3.05) is 0 Å². The molecule has 0 heterocycles. The topological polar surface area (TPSA) is 32.6 Å². The Morgan fingerprint density at radius 3 is 1.67 bits per heavy atom. The van der Waals surface area contributed by atoms with Gasteiger partial charge in [-0.2, -0.15) is 0 Å². The predicted molar refractivity (Wildman–Crippen MR) is 95.2 cm³/mol. The van der Waals surface area contributed by atoms with Gasteiger partial charge in [-0.3, -0.25) is 0 Å². The molecule has 0 amide bonds. The van der Waals surface area contributed by atoms with Crippen molar-refractivity contribution < 1.29 is 5.21 Å². The predicted octanol–water partition coefficient (Wildman–Crippen LogP) is 4.87. The van der Waals surface area contributed by atoms with Gasteiger partial charge in [0, 0.05) is 11.8 Å². The van der Waals surface area contributed by atoms with E-state index in [1.54, 1.807) is 0 Å². The summed E-state index contributed by atoms with van der Waals surface area (Å²) in [5.41, 5.74) is 10.0. The van der Waals surface area contributed by atoms with Crippen LogP contribution in [0.1, 0.15) is 57.7 Å². The van der Waals surface area contributed by atoms with Crippen LogP contribution in [-0.2, 0) is 0 Å². The van der Waals surface area contributed by atoms with Crippen LogP contribution in [0.15, 0.2) is 71.9 Å². The van der Waals surface area contributed by atoms with Crippen molar-refractivity contribution in [2.45, 2.75) is 18.8 Å². The van der Waals surface area contributed by atoms with Crippen molar-refractivity contribution in [1.29, 1.82) is 0 Å². The zero-order chi connectivity index (χ0) is 16.3. The quantitative estimate of drug-likeness (QED) is 0.267. The minimum absolute atomic E-state index is 0.267. The van der Waals surface area contributed by atoms with Gasteiger partial charge in [0.15, 0.2) is 0 Å². The lowest BCUT2D eigenvalue weighted by Crippen LogP contribution is -2.27. The average molecular weight is 311 g/mol. The van der Waals surface area contributed by atoms with E-state index in [1.165, 1.54) is 33.4 Å². The summed E-state index contributed by atoms with van der Waals surface area (Å²) < 4.78 is 0. The fourth-order valence-electron chi connectivity index (χ4n) is 4.45. The second-order valence-electron chi connectivity index (χ2n) is 6.65. The number of benzene rings is 3. The third kappa shape index (κ3) is 1.63. The molecule has 116 valence electrons. The fourth-order valence-corrected chi connectivity index (χ4v) is 4.45. The van der Waals surface area contributed by atoms with Gasteiger partial charge in [-0.25, -0.2) is 0 Å². The van der Waals surface area contributed by atoms with Gasteiger partial charge in [-0.1, -0.05) is 65.8 Å². The number of rotatable bonds is 1. The lowest BCUT2D eigenvalue weighted by atomic mass is 9.61. The van der Waals surface area contributed by atoms with Gasteiger partial charge in [0.25, 0.3) is 0 Å². The van der Waals surface area contributed by atoms with E-state index in [4.69, 9.17) is 5.21 Å². The molecule has 0 saturated heterocycles. The highest BCUT2D eigenvalue weighted by Gasteiger charge is 2.40. The molecule has 0 radical (unpaired) electrons. The summed E-state index contributed by atoms with van der Waals surface area (Å²) in [6.07, 6.45) is 0. The normalized spacial score (nSPS) is 20.3. The number of hydrogen-bond acceptors (Lipinski definition) is 2. The first kappa shape index (κ1) is 13.6. The summed E-state index contributed by atoms with van der Waals surface area (Å²) in [4.78, 5) is 0. The van der Waals surface area contributed by atoms with E-state index in [2.05, 4.69) is 71.9 Å². The molecule has 0 spiro atoms. The van der Waals surface area contributed by atoms with Crippen LogP contribution in [0.3, 0.4) is 0 Å². The summed E-state index contributed by atoms with van der Waals surface area (Å²) >= 11 is 0. The Morgan fingerprint density at radius 2 is 1.17 bits per heavy atom. The fraction of sp³-hybridized carbons (Fsp3) is 0.136. The summed E-state index contributed by atoms with van der Waals surface area (Å²) in [7, 11) is 0. The highest BCUT2D eigenvalue weighted by Crippen LogP contribution is 2.55. The van der Waals surface area contributed by atoms with Crippen LogP contribution >= 0.6 is 0 Å². The van der Waals surface area contributed by atoms with Gasteiger partial charge < -0.3 is 5.21 Å². The van der Waals surface area contributed by atoms with Crippen molar-refractivity contribution >= 4 is 5.71 Å². The molecule has 6 rings (SSSR count). The van der Waals surface area contributed by atoms with Gasteiger partial charge >= 0.3 is 0 Å². The molecule has 3 aromatic rings. The Labute approximate surface area is 141 Å². The minimum Gasteiger partial charge on any atom is -0.411 e. The third-order valence-electron chi connectivity index (χ3n) is 5.51. The second kappa shape index (κ2) is 4.81. The van der Waals surface area contributed by atoms with Crippen molar-refractivity contribution in [2.24, 2.45) is 5.16 Å². The second-order valence-corrected chi connectivity index (χ2v) is 6.65. The lowest BCUT2D eigenvalue weighted by Gasteiger charge is -2.42. The first-order valence-electron chi connectivity index (χ1n) is 8.30. The first-order chi connectivity index (χ1) is 11.8. The number of nitrogens with zero attached hydrogens (tertiary/aromatic N) is 1.